The number of hydrogen-bond acceptors (Lipinski definition) is 3. The van der Waals surface area contributed by atoms with Crippen molar-refractivity contribution in [1.82, 2.24) is 10.2 Å². The SMILES string of the molecule is CN1CCCCC1COCCCCCCNC(C)(C)C. The molecule has 0 bridgehead atoms. The van der Waals surface area contributed by atoms with E-state index in [1.165, 1.54) is 51.5 Å². The van der Waals surface area contributed by atoms with Crippen molar-refractivity contribution in [3.63, 3.8) is 0 Å². The molecule has 20 heavy (non-hydrogen) atoms. The summed E-state index contributed by atoms with van der Waals surface area (Å²) in [5.74, 6) is 0. The number of hydrogen-bond donors (Lipinski definition) is 1. The molecule has 1 fully saturated rings. The van der Waals surface area contributed by atoms with Crippen molar-refractivity contribution in [2.75, 3.05) is 33.4 Å². The van der Waals surface area contributed by atoms with E-state index in [1.54, 1.807) is 0 Å². The quantitative estimate of drug-likeness (QED) is 0.656. The molecule has 1 unspecified atom stereocenters. The molecule has 1 atom stereocenters. The topological polar surface area (TPSA) is 24.5 Å². The summed E-state index contributed by atoms with van der Waals surface area (Å²) in [6.45, 7) is 10.9. The Hall–Kier alpha value is -0.120. The Kier molecular flexibility index (Phi) is 8.74. The van der Waals surface area contributed by atoms with Gasteiger partial charge in [-0.05, 0) is 66.6 Å². The molecule has 0 radical (unpaired) electrons. The van der Waals surface area contributed by atoms with Crippen molar-refractivity contribution in [3.8, 4) is 0 Å². The average molecular weight is 284 g/mol. The minimum Gasteiger partial charge on any atom is -0.380 e. The van der Waals surface area contributed by atoms with Gasteiger partial charge in [0.05, 0.1) is 6.61 Å². The number of ether oxygens (including phenoxy) is 1. The number of likely N-dealkylation sites (N-methyl/N-ethyl adjacent to an activating group) is 1. The van der Waals surface area contributed by atoms with E-state index < -0.39 is 0 Å². The second kappa shape index (κ2) is 9.75. The third kappa shape index (κ3) is 8.93. The van der Waals surface area contributed by atoms with Gasteiger partial charge in [-0.1, -0.05) is 19.3 Å². The van der Waals surface area contributed by atoms with E-state index in [-0.39, 0.29) is 5.54 Å². The third-order valence-corrected chi connectivity index (χ3v) is 4.10. The molecule has 0 aromatic carbocycles. The molecular weight excluding hydrogens is 248 g/mol. The van der Waals surface area contributed by atoms with E-state index in [9.17, 15) is 0 Å². The van der Waals surface area contributed by atoms with Crippen LogP contribution in [-0.2, 0) is 4.74 Å². The Labute approximate surface area is 126 Å². The highest BCUT2D eigenvalue weighted by atomic mass is 16.5. The number of unbranched alkanes of at least 4 members (excludes halogenated alkanes) is 3. The lowest BCUT2D eigenvalue weighted by Gasteiger charge is -2.32. The monoisotopic (exact) mass is 284 g/mol. The van der Waals surface area contributed by atoms with Crippen molar-refractivity contribution in [2.24, 2.45) is 0 Å². The highest BCUT2D eigenvalue weighted by Gasteiger charge is 2.18. The fourth-order valence-electron chi connectivity index (χ4n) is 2.72. The molecule has 1 aliphatic rings. The molecule has 0 aliphatic carbocycles. The zero-order chi connectivity index (χ0) is 14.8. The van der Waals surface area contributed by atoms with Gasteiger partial charge in [0.1, 0.15) is 0 Å². The van der Waals surface area contributed by atoms with E-state index in [4.69, 9.17) is 4.74 Å². The summed E-state index contributed by atoms with van der Waals surface area (Å²) in [5, 5.41) is 3.54. The second-order valence-electron chi connectivity index (χ2n) is 7.30. The molecule has 1 rings (SSSR count). The van der Waals surface area contributed by atoms with Crippen molar-refractivity contribution in [3.05, 3.63) is 0 Å². The van der Waals surface area contributed by atoms with Gasteiger partial charge in [-0.2, -0.15) is 0 Å². The standard InChI is InChI=1S/C17H36N2O/c1-17(2,3)18-12-8-5-6-10-14-20-15-16-11-7-9-13-19(16)4/h16,18H,5-15H2,1-4H3. The minimum atomic E-state index is 0.259. The van der Waals surface area contributed by atoms with Gasteiger partial charge < -0.3 is 15.0 Å². The van der Waals surface area contributed by atoms with Crippen LogP contribution in [0, 0.1) is 0 Å². The van der Waals surface area contributed by atoms with Crippen LogP contribution in [0.1, 0.15) is 65.7 Å². The van der Waals surface area contributed by atoms with Crippen LogP contribution < -0.4 is 5.32 Å². The van der Waals surface area contributed by atoms with Crippen LogP contribution in [0.5, 0.6) is 0 Å². The summed E-state index contributed by atoms with van der Waals surface area (Å²) in [5.41, 5.74) is 0.259. The second-order valence-corrected chi connectivity index (χ2v) is 7.30. The van der Waals surface area contributed by atoms with E-state index in [1.807, 2.05) is 0 Å². The van der Waals surface area contributed by atoms with Crippen molar-refractivity contribution >= 4 is 0 Å². The summed E-state index contributed by atoms with van der Waals surface area (Å²) in [4.78, 5) is 2.46. The van der Waals surface area contributed by atoms with Crippen LogP contribution in [0.4, 0.5) is 0 Å². The Morgan fingerprint density at radius 3 is 2.55 bits per heavy atom. The average Bonchev–Trinajstić information content (AvgIpc) is 2.37. The first-order valence-electron chi connectivity index (χ1n) is 8.52. The number of likely N-dealkylation sites (tertiary alicyclic amines) is 1. The van der Waals surface area contributed by atoms with E-state index >= 15 is 0 Å². The lowest BCUT2D eigenvalue weighted by molar-refractivity contribution is 0.0512. The first-order chi connectivity index (χ1) is 9.49. The maximum Gasteiger partial charge on any atom is 0.0621 e. The molecule has 0 amide bonds. The van der Waals surface area contributed by atoms with Crippen LogP contribution in [0.2, 0.25) is 0 Å². The summed E-state index contributed by atoms with van der Waals surface area (Å²) >= 11 is 0. The maximum atomic E-state index is 5.85. The van der Waals surface area contributed by atoms with Crippen molar-refractivity contribution in [1.29, 1.82) is 0 Å². The van der Waals surface area contributed by atoms with Gasteiger partial charge in [0, 0.05) is 18.2 Å². The van der Waals surface area contributed by atoms with Gasteiger partial charge in [-0.15, -0.1) is 0 Å². The van der Waals surface area contributed by atoms with Crippen LogP contribution in [0.15, 0.2) is 0 Å². The highest BCUT2D eigenvalue weighted by Crippen LogP contribution is 2.15. The molecule has 1 heterocycles. The molecule has 1 N–H and O–H groups in total. The van der Waals surface area contributed by atoms with E-state index in [0.717, 1.165) is 19.8 Å². The maximum absolute atomic E-state index is 5.85. The molecule has 1 aliphatic heterocycles. The molecule has 0 aromatic rings. The smallest absolute Gasteiger partial charge is 0.0621 e. The fourth-order valence-corrected chi connectivity index (χ4v) is 2.72. The predicted octanol–water partition coefficient (Wildman–Crippen LogP) is 3.44. The molecule has 3 nitrogen and oxygen atoms in total. The first kappa shape index (κ1) is 17.9. The number of rotatable bonds is 9. The molecule has 1 saturated heterocycles. The lowest BCUT2D eigenvalue weighted by atomic mass is 10.0. The zero-order valence-electron chi connectivity index (χ0n) is 14.2. The van der Waals surface area contributed by atoms with Crippen LogP contribution in [0.25, 0.3) is 0 Å². The summed E-state index contributed by atoms with van der Waals surface area (Å²) in [6, 6.07) is 0.666. The van der Waals surface area contributed by atoms with E-state index in [0.29, 0.717) is 6.04 Å². The number of nitrogens with one attached hydrogen (secondary N) is 1. The zero-order valence-corrected chi connectivity index (χ0v) is 14.2. The summed E-state index contributed by atoms with van der Waals surface area (Å²) in [6.07, 6.45) is 9.15. The Morgan fingerprint density at radius 1 is 1.10 bits per heavy atom. The first-order valence-corrected chi connectivity index (χ1v) is 8.52. The molecular formula is C17H36N2O. The normalized spacial score (nSPS) is 21.3. The van der Waals surface area contributed by atoms with Crippen molar-refractivity contribution < 1.29 is 4.74 Å². The van der Waals surface area contributed by atoms with Crippen LogP contribution in [-0.4, -0.2) is 49.8 Å². The number of nitrogens with zero attached hydrogens (tertiary/aromatic N) is 1. The molecule has 0 aromatic heterocycles. The minimum absolute atomic E-state index is 0.259. The fraction of sp³-hybridized carbons (Fsp3) is 1.00. The van der Waals surface area contributed by atoms with Crippen LogP contribution >= 0.6 is 0 Å². The molecule has 3 heteroatoms. The molecule has 120 valence electrons. The number of piperidine rings is 1. The van der Waals surface area contributed by atoms with Crippen LogP contribution in [0.3, 0.4) is 0 Å². The highest BCUT2D eigenvalue weighted by molar-refractivity contribution is 4.73. The Balaban J connectivity index is 1.85. The Bertz CT molecular complexity index is 238. The van der Waals surface area contributed by atoms with Gasteiger partial charge in [0.25, 0.3) is 0 Å². The van der Waals surface area contributed by atoms with Crippen molar-refractivity contribution in [2.45, 2.75) is 77.3 Å². The lowest BCUT2D eigenvalue weighted by Crippen LogP contribution is -2.39. The summed E-state index contributed by atoms with van der Waals surface area (Å²) < 4.78 is 5.85. The third-order valence-electron chi connectivity index (χ3n) is 4.10. The van der Waals surface area contributed by atoms with Gasteiger partial charge in [0.15, 0.2) is 0 Å². The Morgan fingerprint density at radius 2 is 1.85 bits per heavy atom. The largest absolute Gasteiger partial charge is 0.380 e. The molecule has 0 saturated carbocycles. The van der Waals surface area contributed by atoms with Gasteiger partial charge >= 0.3 is 0 Å². The summed E-state index contributed by atoms with van der Waals surface area (Å²) in [7, 11) is 2.23. The van der Waals surface area contributed by atoms with Gasteiger partial charge in [-0.25, -0.2) is 0 Å². The predicted molar refractivity (Wildman–Crippen MR) is 87.3 cm³/mol. The molecule has 0 spiro atoms. The van der Waals surface area contributed by atoms with Gasteiger partial charge in [0.2, 0.25) is 0 Å². The van der Waals surface area contributed by atoms with Gasteiger partial charge in [-0.3, -0.25) is 0 Å². The van der Waals surface area contributed by atoms with E-state index in [2.05, 4.69) is 38.0 Å².